The van der Waals surface area contributed by atoms with Crippen molar-refractivity contribution < 1.29 is 4.52 Å². The third-order valence-corrected chi connectivity index (χ3v) is 3.24. The summed E-state index contributed by atoms with van der Waals surface area (Å²) in [5.74, 6) is 0.779. The van der Waals surface area contributed by atoms with E-state index in [1.54, 1.807) is 0 Å². The van der Waals surface area contributed by atoms with Crippen molar-refractivity contribution in [1.29, 1.82) is 0 Å². The van der Waals surface area contributed by atoms with Crippen LogP contribution in [0.3, 0.4) is 0 Å². The van der Waals surface area contributed by atoms with E-state index >= 15 is 0 Å². The van der Waals surface area contributed by atoms with Crippen molar-refractivity contribution in [1.82, 2.24) is 5.16 Å². The van der Waals surface area contributed by atoms with Gasteiger partial charge in [-0.15, -0.1) is 0 Å². The quantitative estimate of drug-likeness (QED) is 0.681. The van der Waals surface area contributed by atoms with E-state index in [1.165, 1.54) is 0 Å². The molecular formula is C15H10BrNO. The van der Waals surface area contributed by atoms with Crippen molar-refractivity contribution in [3.05, 3.63) is 65.1 Å². The third kappa shape index (κ3) is 2.22. The maximum absolute atomic E-state index is 5.38. The molecule has 0 bridgehead atoms. The fraction of sp³-hybridized carbons (Fsp3) is 0. The second-order valence-corrected chi connectivity index (χ2v) is 4.86. The van der Waals surface area contributed by atoms with Gasteiger partial charge in [-0.3, -0.25) is 0 Å². The molecule has 3 heteroatoms. The Balaban J connectivity index is 1.97. The van der Waals surface area contributed by atoms with E-state index < -0.39 is 0 Å². The summed E-state index contributed by atoms with van der Waals surface area (Å²) in [7, 11) is 0. The van der Waals surface area contributed by atoms with Gasteiger partial charge in [0.2, 0.25) is 0 Å². The Hall–Kier alpha value is -1.87. The summed E-state index contributed by atoms with van der Waals surface area (Å²) in [5, 5.41) is 4.10. The fourth-order valence-electron chi connectivity index (χ4n) is 1.77. The second-order valence-electron chi connectivity index (χ2n) is 3.95. The predicted molar refractivity (Wildman–Crippen MR) is 75.1 cm³/mol. The van der Waals surface area contributed by atoms with Gasteiger partial charge in [0.05, 0.1) is 0 Å². The first-order valence-electron chi connectivity index (χ1n) is 5.61. The minimum absolute atomic E-state index is 0.779. The first-order valence-corrected chi connectivity index (χ1v) is 6.40. The summed E-state index contributed by atoms with van der Waals surface area (Å²) in [6.07, 6.45) is 0. The topological polar surface area (TPSA) is 26.0 Å². The summed E-state index contributed by atoms with van der Waals surface area (Å²) >= 11 is 3.41. The first-order chi connectivity index (χ1) is 8.83. The maximum atomic E-state index is 5.38. The lowest BCUT2D eigenvalue weighted by Gasteiger charge is -1.94. The zero-order valence-electron chi connectivity index (χ0n) is 9.51. The normalized spacial score (nSPS) is 10.5. The van der Waals surface area contributed by atoms with Crippen LogP contribution in [0.5, 0.6) is 0 Å². The molecule has 18 heavy (non-hydrogen) atoms. The van der Waals surface area contributed by atoms with E-state index in [1.807, 2.05) is 60.7 Å². The number of hydrogen-bond acceptors (Lipinski definition) is 2. The molecule has 0 saturated heterocycles. The minimum atomic E-state index is 0.779. The van der Waals surface area contributed by atoms with Crippen molar-refractivity contribution in [2.45, 2.75) is 0 Å². The Morgan fingerprint density at radius 2 is 1.56 bits per heavy atom. The number of nitrogens with zero attached hydrogens (tertiary/aromatic N) is 1. The van der Waals surface area contributed by atoms with Crippen LogP contribution in [-0.2, 0) is 0 Å². The van der Waals surface area contributed by atoms with E-state index in [2.05, 4.69) is 21.1 Å². The molecule has 2 nitrogen and oxygen atoms in total. The summed E-state index contributed by atoms with van der Waals surface area (Å²) in [6.45, 7) is 0. The van der Waals surface area contributed by atoms with Crippen molar-refractivity contribution in [2.24, 2.45) is 0 Å². The Bertz CT molecular complexity index is 644. The lowest BCUT2D eigenvalue weighted by molar-refractivity contribution is 0.435. The standard InChI is InChI=1S/C15H10BrNO/c16-13-8-6-12(7-9-13)15-10-14(17-18-15)11-4-2-1-3-5-11/h1-10H. The van der Waals surface area contributed by atoms with E-state index in [4.69, 9.17) is 4.52 Å². The smallest absolute Gasteiger partial charge is 0.167 e. The van der Waals surface area contributed by atoms with Crippen LogP contribution in [0.1, 0.15) is 0 Å². The van der Waals surface area contributed by atoms with Crippen LogP contribution in [0.2, 0.25) is 0 Å². The number of rotatable bonds is 2. The summed E-state index contributed by atoms with van der Waals surface area (Å²) in [6, 6.07) is 19.9. The first kappa shape index (κ1) is 11.2. The van der Waals surface area contributed by atoms with Gasteiger partial charge in [-0.1, -0.05) is 63.6 Å². The molecule has 0 aliphatic carbocycles. The van der Waals surface area contributed by atoms with Crippen LogP contribution < -0.4 is 0 Å². The molecular weight excluding hydrogens is 290 g/mol. The van der Waals surface area contributed by atoms with Crippen molar-refractivity contribution >= 4 is 15.9 Å². The summed E-state index contributed by atoms with van der Waals surface area (Å²) in [4.78, 5) is 0. The number of halogens is 1. The summed E-state index contributed by atoms with van der Waals surface area (Å²) < 4.78 is 6.43. The van der Waals surface area contributed by atoms with E-state index in [0.717, 1.165) is 27.1 Å². The molecule has 0 unspecified atom stereocenters. The van der Waals surface area contributed by atoms with Gasteiger partial charge in [-0.05, 0) is 12.1 Å². The van der Waals surface area contributed by atoms with Crippen LogP contribution in [0.4, 0.5) is 0 Å². The molecule has 0 amide bonds. The molecule has 0 aliphatic heterocycles. The molecule has 3 rings (SSSR count). The van der Waals surface area contributed by atoms with Gasteiger partial charge in [-0.25, -0.2) is 0 Å². The molecule has 88 valence electrons. The highest BCUT2D eigenvalue weighted by molar-refractivity contribution is 9.10. The van der Waals surface area contributed by atoms with Crippen LogP contribution >= 0.6 is 15.9 Å². The molecule has 0 fully saturated rings. The SMILES string of the molecule is Brc1ccc(-c2cc(-c3ccccc3)no2)cc1. The highest BCUT2D eigenvalue weighted by atomic mass is 79.9. The molecule has 2 aromatic carbocycles. The van der Waals surface area contributed by atoms with Gasteiger partial charge in [0, 0.05) is 21.7 Å². The molecule has 0 spiro atoms. The Kier molecular flexibility index (Phi) is 2.99. The Morgan fingerprint density at radius 3 is 2.28 bits per heavy atom. The van der Waals surface area contributed by atoms with Gasteiger partial charge in [0.1, 0.15) is 5.69 Å². The largest absolute Gasteiger partial charge is 0.356 e. The van der Waals surface area contributed by atoms with Gasteiger partial charge >= 0.3 is 0 Å². The molecule has 0 atom stereocenters. The maximum Gasteiger partial charge on any atom is 0.167 e. The van der Waals surface area contributed by atoms with Crippen LogP contribution in [-0.4, -0.2) is 5.16 Å². The van der Waals surface area contributed by atoms with Gasteiger partial charge < -0.3 is 4.52 Å². The van der Waals surface area contributed by atoms with Crippen molar-refractivity contribution in [3.8, 4) is 22.6 Å². The fourth-order valence-corrected chi connectivity index (χ4v) is 2.03. The molecule has 0 N–H and O–H groups in total. The highest BCUT2D eigenvalue weighted by Crippen LogP contribution is 2.26. The van der Waals surface area contributed by atoms with Crippen LogP contribution in [0.15, 0.2) is 69.7 Å². The average Bonchev–Trinajstić information content (AvgIpc) is 2.90. The molecule has 3 aromatic rings. The second kappa shape index (κ2) is 4.78. The van der Waals surface area contributed by atoms with Crippen LogP contribution in [0, 0.1) is 0 Å². The van der Waals surface area contributed by atoms with Gasteiger partial charge in [0.15, 0.2) is 5.76 Å². The molecule has 1 aromatic heterocycles. The zero-order chi connectivity index (χ0) is 12.4. The molecule has 0 aliphatic rings. The number of benzene rings is 2. The molecule has 0 saturated carbocycles. The lowest BCUT2D eigenvalue weighted by atomic mass is 10.1. The lowest BCUT2D eigenvalue weighted by Crippen LogP contribution is -1.74. The highest BCUT2D eigenvalue weighted by Gasteiger charge is 2.07. The van der Waals surface area contributed by atoms with Crippen LogP contribution in [0.25, 0.3) is 22.6 Å². The van der Waals surface area contributed by atoms with Gasteiger partial charge in [-0.2, -0.15) is 0 Å². The minimum Gasteiger partial charge on any atom is -0.356 e. The molecule has 1 heterocycles. The van der Waals surface area contributed by atoms with E-state index in [9.17, 15) is 0 Å². The van der Waals surface area contributed by atoms with Crippen molar-refractivity contribution in [2.75, 3.05) is 0 Å². The van der Waals surface area contributed by atoms with E-state index in [0.29, 0.717) is 0 Å². The van der Waals surface area contributed by atoms with E-state index in [-0.39, 0.29) is 0 Å². The summed E-state index contributed by atoms with van der Waals surface area (Å²) in [5.41, 5.74) is 2.94. The molecule has 0 radical (unpaired) electrons. The van der Waals surface area contributed by atoms with Gasteiger partial charge in [0.25, 0.3) is 0 Å². The predicted octanol–water partition coefficient (Wildman–Crippen LogP) is 4.77. The zero-order valence-corrected chi connectivity index (χ0v) is 11.1. The average molecular weight is 300 g/mol. The van der Waals surface area contributed by atoms with Crippen molar-refractivity contribution in [3.63, 3.8) is 0 Å². The third-order valence-electron chi connectivity index (χ3n) is 2.71. The number of hydrogen-bond donors (Lipinski definition) is 0. The number of aromatic nitrogens is 1. The Morgan fingerprint density at radius 1 is 0.833 bits per heavy atom. The Labute approximate surface area is 113 Å². The monoisotopic (exact) mass is 299 g/mol.